The van der Waals surface area contributed by atoms with Crippen LogP contribution in [0.25, 0.3) is 0 Å². The van der Waals surface area contributed by atoms with Crippen LogP contribution in [0.4, 0.5) is 0 Å². The van der Waals surface area contributed by atoms with Gasteiger partial charge in [0.05, 0.1) is 0 Å². The Hall–Kier alpha value is -0.310. The van der Waals surface area contributed by atoms with Gasteiger partial charge in [0.25, 0.3) is 0 Å². The largest absolute Gasteiger partial charge is 0.487 e. The van der Waals surface area contributed by atoms with Gasteiger partial charge in [0, 0.05) is 6.20 Å². The van der Waals surface area contributed by atoms with Crippen LogP contribution in [0, 0.1) is 0 Å². The number of nitrogens with one attached hydrogen (secondary N) is 1. The summed E-state index contributed by atoms with van der Waals surface area (Å²) in [5.41, 5.74) is 0. The highest BCUT2D eigenvalue weighted by Gasteiger charge is 1.84. The van der Waals surface area contributed by atoms with Crippen molar-refractivity contribution in [2.75, 3.05) is 5.94 Å². The van der Waals surface area contributed by atoms with Gasteiger partial charge in [0.1, 0.15) is 6.26 Å². The average molecular weight is 103 g/mol. The molecule has 34 valence electrons. The van der Waals surface area contributed by atoms with Crippen molar-refractivity contribution in [3.8, 4) is 0 Å². The van der Waals surface area contributed by atoms with Gasteiger partial charge in [-0.25, -0.2) is 0 Å². The first-order valence-corrected chi connectivity index (χ1v) is 2.62. The minimum Gasteiger partial charge on any atom is -0.487 e. The number of hydrogen-bond donors (Lipinski definition) is 1. The molecule has 6 heavy (non-hydrogen) atoms. The van der Waals surface area contributed by atoms with Crippen molar-refractivity contribution in [3.63, 3.8) is 0 Å². The maximum atomic E-state index is 4.79. The maximum Gasteiger partial charge on any atom is 0.152 e. The van der Waals surface area contributed by atoms with E-state index in [0.29, 0.717) is 0 Å². The molecule has 1 aliphatic heterocycles. The van der Waals surface area contributed by atoms with Gasteiger partial charge in [-0.1, -0.05) is 0 Å². The van der Waals surface area contributed by atoms with Gasteiger partial charge in [0.2, 0.25) is 0 Å². The second-order valence-corrected chi connectivity index (χ2v) is 1.61. The van der Waals surface area contributed by atoms with Gasteiger partial charge in [-0.05, 0) is 11.9 Å². The average Bonchev–Trinajstić information content (AvgIpc) is 1.72. The van der Waals surface area contributed by atoms with Crippen LogP contribution in [0.2, 0.25) is 0 Å². The van der Waals surface area contributed by atoms with Crippen LogP contribution in [0.15, 0.2) is 12.5 Å². The van der Waals surface area contributed by atoms with E-state index in [1.165, 1.54) is 11.9 Å². The van der Waals surface area contributed by atoms with Gasteiger partial charge in [-0.3, -0.25) is 0 Å². The number of hydrogen-bond acceptors (Lipinski definition) is 3. The number of ether oxygens (including phenoxy) is 1. The van der Waals surface area contributed by atoms with Crippen LogP contribution in [0.5, 0.6) is 0 Å². The Balaban J connectivity index is 2.26. The third-order valence-corrected chi connectivity index (χ3v) is 0.999. The molecule has 0 bridgehead atoms. The zero-order chi connectivity index (χ0) is 4.24. The van der Waals surface area contributed by atoms with Crippen molar-refractivity contribution in [1.29, 1.82) is 0 Å². The fraction of sp³-hybridized carbons (Fsp3) is 0.333. The third kappa shape index (κ3) is 0.825. The lowest BCUT2D eigenvalue weighted by Gasteiger charge is -2.03. The smallest absolute Gasteiger partial charge is 0.152 e. The molecule has 1 heterocycles. The standard InChI is InChI=1S/C3H5NOS/c1-2-5-3-6-4-1/h1-2,4H,3H2. The van der Waals surface area contributed by atoms with Gasteiger partial charge >= 0.3 is 0 Å². The molecule has 1 rings (SSSR count). The highest BCUT2D eigenvalue weighted by molar-refractivity contribution is 7.97. The second kappa shape index (κ2) is 1.97. The molecule has 0 aromatic rings. The zero-order valence-corrected chi connectivity index (χ0v) is 3.99. The molecule has 2 nitrogen and oxygen atoms in total. The van der Waals surface area contributed by atoms with E-state index in [4.69, 9.17) is 4.74 Å². The summed E-state index contributed by atoms with van der Waals surface area (Å²) >= 11 is 1.54. The molecule has 0 aromatic heterocycles. The maximum absolute atomic E-state index is 4.79. The lowest BCUT2D eigenvalue weighted by atomic mass is 11.0. The predicted octanol–water partition coefficient (Wildman–Crippen LogP) is 0.683. The normalized spacial score (nSPS) is 18.7. The highest BCUT2D eigenvalue weighted by atomic mass is 32.2. The minimum absolute atomic E-state index is 0.719. The van der Waals surface area contributed by atoms with Crippen LogP contribution in [0.1, 0.15) is 0 Å². The van der Waals surface area contributed by atoms with Crippen molar-refractivity contribution in [1.82, 2.24) is 4.72 Å². The van der Waals surface area contributed by atoms with Crippen molar-refractivity contribution in [2.24, 2.45) is 0 Å². The monoisotopic (exact) mass is 103 g/mol. The Kier molecular flexibility index (Phi) is 1.27. The summed E-state index contributed by atoms with van der Waals surface area (Å²) in [5, 5.41) is 0. The first-order valence-electron chi connectivity index (χ1n) is 1.64. The molecule has 0 aromatic carbocycles. The summed E-state index contributed by atoms with van der Waals surface area (Å²) < 4.78 is 7.69. The fourth-order valence-corrected chi connectivity index (χ4v) is 0.598. The lowest BCUT2D eigenvalue weighted by molar-refractivity contribution is 0.311. The topological polar surface area (TPSA) is 21.3 Å². The van der Waals surface area contributed by atoms with Gasteiger partial charge in [-0.2, -0.15) is 0 Å². The minimum atomic E-state index is 0.719. The van der Waals surface area contributed by atoms with Crippen LogP contribution in [-0.4, -0.2) is 5.94 Å². The van der Waals surface area contributed by atoms with Crippen molar-refractivity contribution < 1.29 is 4.74 Å². The van der Waals surface area contributed by atoms with E-state index in [0.717, 1.165) is 5.94 Å². The predicted molar refractivity (Wildman–Crippen MR) is 25.8 cm³/mol. The molecule has 0 saturated heterocycles. The summed E-state index contributed by atoms with van der Waals surface area (Å²) in [6.45, 7) is 0. The van der Waals surface area contributed by atoms with Crippen molar-refractivity contribution >= 4 is 11.9 Å². The van der Waals surface area contributed by atoms with Gasteiger partial charge in [-0.15, -0.1) is 0 Å². The molecule has 0 atom stereocenters. The van der Waals surface area contributed by atoms with Crippen LogP contribution < -0.4 is 4.72 Å². The Morgan fingerprint density at radius 1 is 1.83 bits per heavy atom. The summed E-state index contributed by atoms with van der Waals surface area (Å²) in [5.74, 6) is 0.719. The molecule has 1 aliphatic rings. The lowest BCUT2D eigenvalue weighted by Crippen LogP contribution is -1.99. The van der Waals surface area contributed by atoms with E-state index in [-0.39, 0.29) is 0 Å². The molecule has 0 amide bonds. The van der Waals surface area contributed by atoms with Crippen LogP contribution >= 0.6 is 11.9 Å². The van der Waals surface area contributed by atoms with Gasteiger partial charge in [0.15, 0.2) is 5.94 Å². The van der Waals surface area contributed by atoms with E-state index in [9.17, 15) is 0 Å². The Labute approximate surface area is 40.7 Å². The van der Waals surface area contributed by atoms with E-state index >= 15 is 0 Å². The summed E-state index contributed by atoms with van der Waals surface area (Å²) in [6.07, 6.45) is 3.39. The first-order chi connectivity index (χ1) is 3.00. The molecular weight excluding hydrogens is 98.1 g/mol. The second-order valence-electron chi connectivity index (χ2n) is 0.849. The first kappa shape index (κ1) is 3.87. The molecule has 0 fully saturated rings. The SMILES string of the molecule is C1=COCSN1. The van der Waals surface area contributed by atoms with E-state index in [1.54, 1.807) is 12.5 Å². The molecule has 0 aliphatic carbocycles. The van der Waals surface area contributed by atoms with E-state index in [1.807, 2.05) is 0 Å². The fourth-order valence-electron chi connectivity index (χ4n) is 0.231. The van der Waals surface area contributed by atoms with Crippen LogP contribution in [-0.2, 0) is 4.74 Å². The molecule has 0 unspecified atom stereocenters. The summed E-state index contributed by atoms with van der Waals surface area (Å²) in [7, 11) is 0. The molecule has 0 spiro atoms. The summed E-state index contributed by atoms with van der Waals surface area (Å²) in [4.78, 5) is 0. The van der Waals surface area contributed by atoms with Crippen molar-refractivity contribution in [3.05, 3.63) is 12.5 Å². The quantitative estimate of drug-likeness (QED) is 0.455. The third-order valence-electron chi connectivity index (χ3n) is 0.443. The van der Waals surface area contributed by atoms with E-state index in [2.05, 4.69) is 4.72 Å². The van der Waals surface area contributed by atoms with Crippen LogP contribution in [0.3, 0.4) is 0 Å². The Bertz CT molecular complexity index is 55.8. The zero-order valence-electron chi connectivity index (χ0n) is 3.18. The van der Waals surface area contributed by atoms with Gasteiger partial charge < -0.3 is 9.46 Å². The van der Waals surface area contributed by atoms with E-state index < -0.39 is 0 Å². The molecule has 3 heteroatoms. The Morgan fingerprint density at radius 2 is 2.83 bits per heavy atom. The summed E-state index contributed by atoms with van der Waals surface area (Å²) in [6, 6.07) is 0. The molecule has 0 saturated carbocycles. The Morgan fingerprint density at radius 3 is 3.00 bits per heavy atom. The molecule has 0 radical (unpaired) electrons. The number of rotatable bonds is 0. The molecule has 1 N–H and O–H groups in total. The van der Waals surface area contributed by atoms with Crippen molar-refractivity contribution in [2.45, 2.75) is 0 Å². The molecular formula is C3H5NOS. The highest BCUT2D eigenvalue weighted by Crippen LogP contribution is 1.98.